The van der Waals surface area contributed by atoms with Crippen LogP contribution in [0.1, 0.15) is 40.2 Å². The van der Waals surface area contributed by atoms with Crippen molar-refractivity contribution in [2.24, 2.45) is 0 Å². The van der Waals surface area contributed by atoms with Crippen LogP contribution < -0.4 is 10.1 Å². The van der Waals surface area contributed by atoms with Crippen LogP contribution in [-0.4, -0.2) is 30.6 Å². The molecule has 1 fully saturated rings. The minimum Gasteiger partial charge on any atom is -0.488 e. The summed E-state index contributed by atoms with van der Waals surface area (Å²) in [5.41, 5.74) is 1.07. The first-order chi connectivity index (χ1) is 9.73. The highest BCUT2D eigenvalue weighted by molar-refractivity contribution is 5.27. The van der Waals surface area contributed by atoms with Crippen LogP contribution in [0.2, 0.25) is 0 Å². The van der Waals surface area contributed by atoms with Crippen molar-refractivity contribution in [3.63, 3.8) is 0 Å². The summed E-state index contributed by atoms with van der Waals surface area (Å²) in [7, 11) is 0. The molecule has 0 spiro atoms. The zero-order chi connectivity index (χ0) is 15.5. The molecule has 2 rings (SSSR count). The van der Waals surface area contributed by atoms with E-state index < -0.39 is 5.79 Å². The zero-order valence-corrected chi connectivity index (χ0v) is 13.7. The highest BCUT2D eigenvalue weighted by Gasteiger charge is 2.32. The fourth-order valence-corrected chi connectivity index (χ4v) is 2.27. The van der Waals surface area contributed by atoms with Crippen LogP contribution >= 0.6 is 0 Å². The predicted octanol–water partition coefficient (Wildman–Crippen LogP) is 3.11. The van der Waals surface area contributed by atoms with Gasteiger partial charge in [-0.2, -0.15) is 0 Å². The Morgan fingerprint density at radius 1 is 1.24 bits per heavy atom. The summed E-state index contributed by atoms with van der Waals surface area (Å²) >= 11 is 0. The van der Waals surface area contributed by atoms with E-state index >= 15 is 0 Å². The Labute approximate surface area is 127 Å². The van der Waals surface area contributed by atoms with Gasteiger partial charge in [0.25, 0.3) is 0 Å². The molecule has 118 valence electrons. The van der Waals surface area contributed by atoms with Crippen LogP contribution in [0, 0.1) is 0 Å². The van der Waals surface area contributed by atoms with Crippen LogP contribution in [0.15, 0.2) is 24.3 Å². The fourth-order valence-electron chi connectivity index (χ4n) is 2.27. The minimum atomic E-state index is -0.446. The van der Waals surface area contributed by atoms with Crippen molar-refractivity contribution >= 4 is 0 Å². The molecule has 1 aliphatic rings. The summed E-state index contributed by atoms with van der Waals surface area (Å²) in [6.45, 7) is 12.3. The van der Waals surface area contributed by atoms with Gasteiger partial charge in [-0.15, -0.1) is 0 Å². The SMILES string of the molecule is CC(C)(C)Oc1ccc(CNC[C@H]2COC(C)(C)O2)cc1. The van der Waals surface area contributed by atoms with Crippen LogP contribution in [0.3, 0.4) is 0 Å². The first-order valence-corrected chi connectivity index (χ1v) is 7.54. The monoisotopic (exact) mass is 293 g/mol. The summed E-state index contributed by atoms with van der Waals surface area (Å²) in [6, 6.07) is 8.20. The van der Waals surface area contributed by atoms with E-state index in [-0.39, 0.29) is 11.7 Å². The summed E-state index contributed by atoms with van der Waals surface area (Å²) < 4.78 is 17.1. The van der Waals surface area contributed by atoms with Gasteiger partial charge >= 0.3 is 0 Å². The Morgan fingerprint density at radius 2 is 1.90 bits per heavy atom. The Balaban J connectivity index is 1.74. The molecular formula is C17H27NO3. The maximum atomic E-state index is 5.81. The molecule has 1 N–H and O–H groups in total. The summed E-state index contributed by atoms with van der Waals surface area (Å²) in [6.07, 6.45) is 0.128. The molecule has 0 amide bonds. The molecule has 1 saturated heterocycles. The fraction of sp³-hybridized carbons (Fsp3) is 0.647. The van der Waals surface area contributed by atoms with E-state index in [1.807, 2.05) is 46.8 Å². The van der Waals surface area contributed by atoms with Gasteiger partial charge in [0.1, 0.15) is 11.4 Å². The lowest BCUT2D eigenvalue weighted by Gasteiger charge is -2.21. The van der Waals surface area contributed by atoms with Crippen LogP contribution in [0.5, 0.6) is 5.75 Å². The van der Waals surface area contributed by atoms with E-state index in [0.717, 1.165) is 18.8 Å². The van der Waals surface area contributed by atoms with E-state index in [1.54, 1.807) is 0 Å². The predicted molar refractivity (Wildman–Crippen MR) is 83.4 cm³/mol. The summed E-state index contributed by atoms with van der Waals surface area (Å²) in [5.74, 6) is 0.457. The second-order valence-corrected chi connectivity index (χ2v) is 6.94. The van der Waals surface area contributed by atoms with Crippen molar-refractivity contribution in [3.8, 4) is 5.75 Å². The maximum absolute atomic E-state index is 5.81. The van der Waals surface area contributed by atoms with Gasteiger partial charge < -0.3 is 19.5 Å². The molecule has 4 nitrogen and oxygen atoms in total. The molecular weight excluding hydrogens is 266 g/mol. The third-order valence-electron chi connectivity index (χ3n) is 3.12. The number of ether oxygens (including phenoxy) is 3. The number of rotatable bonds is 5. The standard InChI is InChI=1S/C17H27NO3/c1-16(2,3)20-14-8-6-13(7-9-14)10-18-11-15-12-19-17(4,5)21-15/h6-9,15,18H,10-12H2,1-5H3/t15-/m0/s1. The lowest BCUT2D eigenvalue weighted by molar-refractivity contribution is -0.137. The summed E-state index contributed by atoms with van der Waals surface area (Å²) in [4.78, 5) is 0. The highest BCUT2D eigenvalue weighted by Crippen LogP contribution is 2.22. The Kier molecular flexibility index (Phi) is 4.91. The minimum absolute atomic E-state index is 0.128. The number of benzene rings is 1. The molecule has 0 saturated carbocycles. The van der Waals surface area contributed by atoms with E-state index in [1.165, 1.54) is 5.56 Å². The van der Waals surface area contributed by atoms with E-state index in [0.29, 0.717) is 6.61 Å². The second kappa shape index (κ2) is 6.34. The molecule has 0 radical (unpaired) electrons. The average molecular weight is 293 g/mol. The lowest BCUT2D eigenvalue weighted by Crippen LogP contribution is -2.30. The number of nitrogens with one attached hydrogen (secondary N) is 1. The quantitative estimate of drug-likeness (QED) is 0.905. The third-order valence-corrected chi connectivity index (χ3v) is 3.12. The van der Waals surface area contributed by atoms with Crippen molar-refractivity contribution in [2.75, 3.05) is 13.2 Å². The van der Waals surface area contributed by atoms with E-state index in [2.05, 4.69) is 17.4 Å². The lowest BCUT2D eigenvalue weighted by atomic mass is 10.1. The van der Waals surface area contributed by atoms with Crippen molar-refractivity contribution < 1.29 is 14.2 Å². The Morgan fingerprint density at radius 3 is 2.43 bits per heavy atom. The van der Waals surface area contributed by atoms with Gasteiger partial charge in [-0.05, 0) is 52.3 Å². The topological polar surface area (TPSA) is 39.7 Å². The van der Waals surface area contributed by atoms with Gasteiger partial charge in [0.05, 0.1) is 12.7 Å². The first-order valence-electron chi connectivity index (χ1n) is 7.54. The maximum Gasteiger partial charge on any atom is 0.163 e. The van der Waals surface area contributed by atoms with Gasteiger partial charge in [0.15, 0.2) is 5.79 Å². The van der Waals surface area contributed by atoms with E-state index in [9.17, 15) is 0 Å². The summed E-state index contributed by atoms with van der Waals surface area (Å²) in [5, 5.41) is 3.40. The molecule has 21 heavy (non-hydrogen) atoms. The smallest absolute Gasteiger partial charge is 0.163 e. The van der Waals surface area contributed by atoms with Gasteiger partial charge in [-0.25, -0.2) is 0 Å². The largest absolute Gasteiger partial charge is 0.488 e. The van der Waals surface area contributed by atoms with Crippen molar-refractivity contribution in [2.45, 2.75) is 58.7 Å². The molecule has 0 bridgehead atoms. The van der Waals surface area contributed by atoms with Gasteiger partial charge in [0.2, 0.25) is 0 Å². The first kappa shape index (κ1) is 16.3. The molecule has 1 aromatic carbocycles. The Bertz CT molecular complexity index is 448. The molecule has 1 aromatic rings. The van der Waals surface area contributed by atoms with Gasteiger partial charge in [-0.1, -0.05) is 12.1 Å². The van der Waals surface area contributed by atoms with Crippen molar-refractivity contribution in [3.05, 3.63) is 29.8 Å². The van der Waals surface area contributed by atoms with Crippen LogP contribution in [-0.2, 0) is 16.0 Å². The van der Waals surface area contributed by atoms with Crippen LogP contribution in [0.4, 0.5) is 0 Å². The molecule has 0 aromatic heterocycles. The molecule has 1 atom stereocenters. The van der Waals surface area contributed by atoms with E-state index in [4.69, 9.17) is 14.2 Å². The molecule has 1 aliphatic heterocycles. The van der Waals surface area contributed by atoms with Gasteiger partial charge in [-0.3, -0.25) is 0 Å². The molecule has 0 unspecified atom stereocenters. The van der Waals surface area contributed by atoms with Crippen molar-refractivity contribution in [1.82, 2.24) is 5.32 Å². The molecule has 1 heterocycles. The van der Waals surface area contributed by atoms with Gasteiger partial charge in [0, 0.05) is 13.1 Å². The average Bonchev–Trinajstić information content (AvgIpc) is 2.69. The van der Waals surface area contributed by atoms with Crippen molar-refractivity contribution in [1.29, 1.82) is 0 Å². The zero-order valence-electron chi connectivity index (χ0n) is 13.7. The number of hydrogen-bond donors (Lipinski definition) is 1. The number of hydrogen-bond acceptors (Lipinski definition) is 4. The third kappa shape index (κ3) is 5.65. The Hall–Kier alpha value is -1.10. The normalized spacial score (nSPS) is 21.5. The molecule has 4 heteroatoms. The second-order valence-electron chi connectivity index (χ2n) is 6.94. The van der Waals surface area contributed by atoms with Crippen LogP contribution in [0.25, 0.3) is 0 Å². The molecule has 0 aliphatic carbocycles. The highest BCUT2D eigenvalue weighted by atomic mass is 16.7.